The maximum absolute atomic E-state index is 13.1. The smallest absolute Gasteiger partial charge is 0.207 e. The molecule has 0 unspecified atom stereocenters. The lowest BCUT2D eigenvalue weighted by atomic mass is 9.78. The monoisotopic (exact) mass is 331 g/mol. The summed E-state index contributed by atoms with van der Waals surface area (Å²) in [6.45, 7) is 14.7. The molecule has 1 aliphatic heterocycles. The van der Waals surface area contributed by atoms with Crippen LogP contribution in [0.2, 0.25) is 0 Å². The van der Waals surface area contributed by atoms with Gasteiger partial charge in [0.1, 0.15) is 0 Å². The molecule has 1 aromatic carbocycles. The second-order valence-corrected chi connectivity index (χ2v) is 9.24. The summed E-state index contributed by atoms with van der Waals surface area (Å²) in [5.74, 6) is 0.380. The molecule has 3 rings (SSSR count). The van der Waals surface area contributed by atoms with Gasteiger partial charge in [-0.05, 0) is 51.7 Å². The summed E-state index contributed by atoms with van der Waals surface area (Å²) in [4.78, 5) is 0.377. The SMILES string of the molecule is C=CCC(=C)[C@]12C[C@H]1CN(S(=O)(=O)c1ccc(C)cc1)C2(C)C. The quantitative estimate of drug-likeness (QED) is 0.767. The van der Waals surface area contributed by atoms with Crippen molar-refractivity contribution in [2.75, 3.05) is 6.54 Å². The van der Waals surface area contributed by atoms with Crippen molar-refractivity contribution in [1.29, 1.82) is 0 Å². The first-order valence-corrected chi connectivity index (χ1v) is 9.50. The summed E-state index contributed by atoms with van der Waals surface area (Å²) >= 11 is 0. The van der Waals surface area contributed by atoms with Gasteiger partial charge in [0.05, 0.1) is 4.90 Å². The van der Waals surface area contributed by atoms with Gasteiger partial charge in [-0.25, -0.2) is 8.42 Å². The van der Waals surface area contributed by atoms with E-state index in [0.717, 1.165) is 24.0 Å². The normalized spacial score (nSPS) is 29.1. The highest BCUT2D eigenvalue weighted by Gasteiger charge is 2.72. The number of sulfonamides is 1. The molecule has 1 saturated carbocycles. The summed E-state index contributed by atoms with van der Waals surface area (Å²) in [7, 11) is -3.49. The number of nitrogens with zero attached hydrogens (tertiary/aromatic N) is 1. The van der Waals surface area contributed by atoms with Gasteiger partial charge < -0.3 is 0 Å². The average molecular weight is 331 g/mol. The van der Waals surface area contributed by atoms with Crippen LogP contribution in [-0.4, -0.2) is 24.8 Å². The zero-order chi connectivity index (χ0) is 17.0. The minimum absolute atomic E-state index is 0.0983. The molecule has 4 heteroatoms. The third-order valence-electron chi connectivity index (χ3n) is 5.84. The summed E-state index contributed by atoms with van der Waals surface area (Å²) in [5, 5.41) is 0. The van der Waals surface area contributed by atoms with Crippen molar-refractivity contribution in [1.82, 2.24) is 4.31 Å². The van der Waals surface area contributed by atoms with E-state index in [2.05, 4.69) is 13.2 Å². The molecule has 2 aliphatic rings. The van der Waals surface area contributed by atoms with Gasteiger partial charge in [0.2, 0.25) is 10.0 Å². The van der Waals surface area contributed by atoms with Gasteiger partial charge in [-0.15, -0.1) is 6.58 Å². The van der Waals surface area contributed by atoms with Crippen LogP contribution >= 0.6 is 0 Å². The molecule has 0 aromatic heterocycles. The fraction of sp³-hybridized carbons (Fsp3) is 0.474. The van der Waals surface area contributed by atoms with E-state index < -0.39 is 15.6 Å². The van der Waals surface area contributed by atoms with E-state index in [9.17, 15) is 8.42 Å². The lowest BCUT2D eigenvalue weighted by Crippen LogP contribution is -2.49. The van der Waals surface area contributed by atoms with E-state index >= 15 is 0 Å². The van der Waals surface area contributed by atoms with E-state index in [1.165, 1.54) is 0 Å². The van der Waals surface area contributed by atoms with Crippen LogP contribution in [0.4, 0.5) is 0 Å². The standard InChI is InChI=1S/C19H25NO2S/c1-6-7-15(3)19-12-16(19)13-20(18(19,4)5)23(21,22)17-10-8-14(2)9-11-17/h6,8-11,16H,1,3,7,12-13H2,2,4-5H3/t16-,19+/m0/s1. The Morgan fingerprint density at radius 2 is 1.96 bits per heavy atom. The number of hydrogen-bond acceptors (Lipinski definition) is 2. The van der Waals surface area contributed by atoms with Crippen molar-refractivity contribution in [3.63, 3.8) is 0 Å². The molecular formula is C19H25NO2S. The van der Waals surface area contributed by atoms with Gasteiger partial charge in [-0.2, -0.15) is 4.31 Å². The molecule has 1 aliphatic carbocycles. The first-order valence-electron chi connectivity index (χ1n) is 8.06. The molecule has 1 heterocycles. The number of allylic oxidation sites excluding steroid dienone is 1. The fourth-order valence-electron chi connectivity index (χ4n) is 4.41. The van der Waals surface area contributed by atoms with Crippen LogP contribution in [0.15, 0.2) is 54.0 Å². The zero-order valence-electron chi connectivity index (χ0n) is 14.2. The van der Waals surface area contributed by atoms with Gasteiger partial charge in [-0.3, -0.25) is 0 Å². The van der Waals surface area contributed by atoms with Crippen molar-refractivity contribution in [3.05, 3.63) is 54.6 Å². The van der Waals surface area contributed by atoms with Crippen molar-refractivity contribution >= 4 is 10.0 Å². The Hall–Kier alpha value is -1.39. The Bertz CT molecular complexity index is 761. The molecule has 23 heavy (non-hydrogen) atoms. The summed E-state index contributed by atoms with van der Waals surface area (Å²) in [6.07, 6.45) is 3.64. The summed E-state index contributed by atoms with van der Waals surface area (Å²) < 4.78 is 27.9. The van der Waals surface area contributed by atoms with Crippen LogP contribution in [-0.2, 0) is 10.0 Å². The number of benzene rings is 1. The highest BCUT2D eigenvalue weighted by Crippen LogP contribution is 2.71. The Morgan fingerprint density at radius 3 is 2.52 bits per heavy atom. The number of hydrogen-bond donors (Lipinski definition) is 0. The van der Waals surface area contributed by atoms with Gasteiger partial charge in [0, 0.05) is 17.5 Å². The maximum atomic E-state index is 13.1. The van der Waals surface area contributed by atoms with Gasteiger partial charge >= 0.3 is 0 Å². The minimum Gasteiger partial charge on any atom is -0.207 e. The van der Waals surface area contributed by atoms with E-state index in [1.807, 2.05) is 39.0 Å². The first kappa shape index (κ1) is 16.5. The Labute approximate surface area is 139 Å². The predicted octanol–water partition coefficient (Wildman–Crippen LogP) is 3.92. The molecule has 0 amide bonds. The molecule has 124 valence electrons. The van der Waals surface area contributed by atoms with Crippen LogP contribution in [0.5, 0.6) is 0 Å². The third-order valence-corrected chi connectivity index (χ3v) is 7.89. The molecule has 0 radical (unpaired) electrons. The molecule has 1 aromatic rings. The van der Waals surface area contributed by atoms with E-state index in [-0.39, 0.29) is 5.41 Å². The number of fused-ring (bicyclic) bond motifs is 1. The Morgan fingerprint density at radius 1 is 1.35 bits per heavy atom. The van der Waals surface area contributed by atoms with E-state index in [0.29, 0.717) is 17.4 Å². The largest absolute Gasteiger partial charge is 0.243 e. The molecule has 3 nitrogen and oxygen atoms in total. The van der Waals surface area contributed by atoms with E-state index in [1.54, 1.807) is 16.4 Å². The second-order valence-electron chi connectivity index (χ2n) is 7.38. The minimum atomic E-state index is -3.49. The van der Waals surface area contributed by atoms with Gasteiger partial charge in [0.25, 0.3) is 0 Å². The summed E-state index contributed by atoms with van der Waals surface area (Å²) in [5.41, 5.74) is 1.62. The van der Waals surface area contributed by atoms with Crippen LogP contribution in [0.1, 0.15) is 32.3 Å². The van der Waals surface area contributed by atoms with Crippen LogP contribution in [0, 0.1) is 18.3 Å². The van der Waals surface area contributed by atoms with Crippen molar-refractivity contribution in [3.8, 4) is 0 Å². The van der Waals surface area contributed by atoms with Gasteiger partial charge in [-0.1, -0.05) is 35.9 Å². The topological polar surface area (TPSA) is 37.4 Å². The highest BCUT2D eigenvalue weighted by molar-refractivity contribution is 7.89. The lowest BCUT2D eigenvalue weighted by Gasteiger charge is -2.40. The zero-order valence-corrected chi connectivity index (χ0v) is 15.0. The van der Waals surface area contributed by atoms with Crippen LogP contribution < -0.4 is 0 Å². The average Bonchev–Trinajstić information content (AvgIpc) is 3.16. The maximum Gasteiger partial charge on any atom is 0.243 e. The molecule has 0 N–H and O–H groups in total. The summed E-state index contributed by atoms with van der Waals surface area (Å²) in [6, 6.07) is 7.11. The highest BCUT2D eigenvalue weighted by atomic mass is 32.2. The molecular weight excluding hydrogens is 306 g/mol. The van der Waals surface area contributed by atoms with Crippen molar-refractivity contribution in [2.24, 2.45) is 11.3 Å². The molecule has 2 atom stereocenters. The second kappa shape index (κ2) is 5.05. The number of piperidine rings is 1. The number of rotatable bonds is 5. The van der Waals surface area contributed by atoms with Crippen LogP contribution in [0.3, 0.4) is 0 Å². The van der Waals surface area contributed by atoms with E-state index in [4.69, 9.17) is 0 Å². The van der Waals surface area contributed by atoms with Crippen LogP contribution in [0.25, 0.3) is 0 Å². The van der Waals surface area contributed by atoms with Crippen molar-refractivity contribution in [2.45, 2.75) is 44.0 Å². The lowest BCUT2D eigenvalue weighted by molar-refractivity contribution is 0.202. The molecule has 0 spiro atoms. The van der Waals surface area contributed by atoms with Crippen molar-refractivity contribution < 1.29 is 8.42 Å². The molecule has 0 bridgehead atoms. The predicted molar refractivity (Wildman–Crippen MR) is 93.6 cm³/mol. The Balaban J connectivity index is 1.98. The first-order chi connectivity index (χ1) is 10.7. The number of aryl methyl sites for hydroxylation is 1. The Kier molecular flexibility index (Phi) is 3.62. The molecule has 1 saturated heterocycles. The van der Waals surface area contributed by atoms with Gasteiger partial charge in [0.15, 0.2) is 0 Å². The molecule has 2 fully saturated rings. The fourth-order valence-corrected chi connectivity index (χ4v) is 6.28. The third kappa shape index (κ3) is 2.15.